The topological polar surface area (TPSA) is 128 Å². The summed E-state index contributed by atoms with van der Waals surface area (Å²) in [4.78, 5) is 47.2. The number of nitro groups is 1. The predicted octanol–water partition coefficient (Wildman–Crippen LogP) is 3.47. The predicted molar refractivity (Wildman–Crippen MR) is 97.2 cm³/mol. The second-order valence-corrected chi connectivity index (χ2v) is 7.30. The van der Waals surface area contributed by atoms with Crippen LogP contribution in [-0.2, 0) is 4.74 Å². The molecular weight excluding hydrogens is 382 g/mol. The van der Waals surface area contributed by atoms with Crippen molar-refractivity contribution in [1.82, 2.24) is 5.32 Å². The van der Waals surface area contributed by atoms with Crippen molar-refractivity contribution in [3.05, 3.63) is 43.1 Å². The van der Waals surface area contributed by atoms with E-state index in [1.807, 2.05) is 0 Å². The number of anilines is 1. The molecule has 26 heavy (non-hydrogen) atoms. The molecular formula is C15H15N3O6S2. The highest BCUT2D eigenvalue weighted by Gasteiger charge is 2.24. The number of nitrogens with one attached hydrogen (secondary N) is 2. The summed E-state index contributed by atoms with van der Waals surface area (Å²) in [5, 5.41) is 15.5. The van der Waals surface area contributed by atoms with Gasteiger partial charge in [0.25, 0.3) is 11.8 Å². The summed E-state index contributed by atoms with van der Waals surface area (Å²) in [6, 6.07) is 2.57. The van der Waals surface area contributed by atoms with Gasteiger partial charge in [-0.05, 0) is 32.4 Å². The number of carbonyl (C=O) groups excluding carboxylic acids is 3. The van der Waals surface area contributed by atoms with Gasteiger partial charge in [-0.2, -0.15) is 0 Å². The van der Waals surface area contributed by atoms with Crippen LogP contribution in [0, 0.1) is 24.0 Å². The summed E-state index contributed by atoms with van der Waals surface area (Å²) < 4.78 is 4.68. The maximum atomic E-state index is 12.4. The first-order chi connectivity index (χ1) is 12.2. The molecule has 2 rings (SSSR count). The SMILES string of the molecule is CCOC(=O)NC(=O)c1c(NC(=O)c2ccc([N+](=O)[O-])s2)sc(C)c1C. The fourth-order valence-electron chi connectivity index (χ4n) is 2.02. The first kappa shape index (κ1) is 19.5. The Bertz CT molecular complexity index is 886. The van der Waals surface area contributed by atoms with E-state index in [0.717, 1.165) is 16.2 Å². The third-order valence-corrected chi connectivity index (χ3v) is 5.48. The normalized spacial score (nSPS) is 10.3. The molecule has 2 N–H and O–H groups in total. The molecule has 0 aliphatic rings. The van der Waals surface area contributed by atoms with Gasteiger partial charge < -0.3 is 10.1 Å². The van der Waals surface area contributed by atoms with Gasteiger partial charge in [0.1, 0.15) is 5.00 Å². The summed E-state index contributed by atoms with van der Waals surface area (Å²) in [6.45, 7) is 5.18. The highest BCUT2D eigenvalue weighted by Crippen LogP contribution is 2.33. The van der Waals surface area contributed by atoms with Crippen molar-refractivity contribution >= 4 is 50.6 Å². The molecule has 0 unspecified atom stereocenters. The van der Waals surface area contributed by atoms with Gasteiger partial charge in [0.2, 0.25) is 0 Å². The molecule has 0 aromatic carbocycles. The number of carbonyl (C=O) groups is 3. The van der Waals surface area contributed by atoms with E-state index in [0.29, 0.717) is 5.56 Å². The number of aryl methyl sites for hydroxylation is 1. The van der Waals surface area contributed by atoms with Crippen molar-refractivity contribution in [3.8, 4) is 0 Å². The van der Waals surface area contributed by atoms with Crippen molar-refractivity contribution in [2.75, 3.05) is 11.9 Å². The zero-order chi connectivity index (χ0) is 19.4. The molecule has 9 nitrogen and oxygen atoms in total. The van der Waals surface area contributed by atoms with Crippen LogP contribution >= 0.6 is 22.7 Å². The highest BCUT2D eigenvalue weighted by atomic mass is 32.1. The Morgan fingerprint density at radius 1 is 1.19 bits per heavy atom. The number of alkyl carbamates (subject to hydrolysis) is 1. The molecule has 0 radical (unpaired) electrons. The molecule has 0 aliphatic carbocycles. The number of rotatable bonds is 5. The van der Waals surface area contributed by atoms with Gasteiger partial charge in [0.15, 0.2) is 0 Å². The maximum absolute atomic E-state index is 12.4. The van der Waals surface area contributed by atoms with E-state index >= 15 is 0 Å². The van der Waals surface area contributed by atoms with Crippen LogP contribution in [-0.4, -0.2) is 29.4 Å². The first-order valence-corrected chi connectivity index (χ1v) is 9.01. The Morgan fingerprint density at radius 2 is 1.88 bits per heavy atom. The van der Waals surface area contributed by atoms with Crippen molar-refractivity contribution in [1.29, 1.82) is 0 Å². The number of hydrogen-bond donors (Lipinski definition) is 2. The lowest BCUT2D eigenvalue weighted by molar-refractivity contribution is -0.380. The van der Waals surface area contributed by atoms with E-state index in [4.69, 9.17) is 0 Å². The van der Waals surface area contributed by atoms with E-state index < -0.39 is 22.8 Å². The largest absolute Gasteiger partial charge is 0.450 e. The fraction of sp³-hybridized carbons (Fsp3) is 0.267. The molecule has 2 aromatic heterocycles. The van der Waals surface area contributed by atoms with Crippen LogP contribution in [0.1, 0.15) is 37.4 Å². The second-order valence-electron chi connectivity index (χ2n) is 5.01. The molecule has 138 valence electrons. The van der Waals surface area contributed by atoms with Gasteiger partial charge >= 0.3 is 11.1 Å². The molecule has 3 amide bonds. The first-order valence-electron chi connectivity index (χ1n) is 7.38. The standard InChI is InChI=1S/C15H15N3O6S2/c1-4-24-15(21)17-13(20)11-7(2)8(3)25-14(11)16-12(19)9-5-6-10(26-9)18(22)23/h5-6H,4H2,1-3H3,(H,16,19)(H,17,20,21). The molecule has 0 atom stereocenters. The van der Waals surface area contributed by atoms with Crippen molar-refractivity contribution in [2.24, 2.45) is 0 Å². The van der Waals surface area contributed by atoms with Gasteiger partial charge in [-0.3, -0.25) is 25.0 Å². The summed E-state index contributed by atoms with van der Waals surface area (Å²) in [5.41, 5.74) is 0.768. The third-order valence-electron chi connectivity index (χ3n) is 3.33. The van der Waals surface area contributed by atoms with E-state index in [-0.39, 0.29) is 27.0 Å². The number of imide groups is 1. The van der Waals surface area contributed by atoms with Crippen LogP contribution < -0.4 is 10.6 Å². The van der Waals surface area contributed by atoms with Crippen molar-refractivity contribution in [2.45, 2.75) is 20.8 Å². The summed E-state index contributed by atoms with van der Waals surface area (Å²) in [7, 11) is 0. The average molecular weight is 397 g/mol. The fourth-order valence-corrected chi connectivity index (χ4v) is 3.79. The van der Waals surface area contributed by atoms with E-state index in [9.17, 15) is 24.5 Å². The molecule has 0 saturated carbocycles. The zero-order valence-electron chi connectivity index (χ0n) is 14.1. The maximum Gasteiger partial charge on any atom is 0.414 e. The van der Waals surface area contributed by atoms with Gasteiger partial charge in [0, 0.05) is 10.9 Å². The Hall–Kier alpha value is -2.79. The molecule has 2 aromatic rings. The number of nitrogens with zero attached hydrogens (tertiary/aromatic N) is 1. The van der Waals surface area contributed by atoms with Gasteiger partial charge in [-0.15, -0.1) is 11.3 Å². The molecule has 11 heteroatoms. The smallest absolute Gasteiger partial charge is 0.414 e. The van der Waals surface area contributed by atoms with Crippen molar-refractivity contribution in [3.63, 3.8) is 0 Å². The number of amides is 3. The monoisotopic (exact) mass is 397 g/mol. The average Bonchev–Trinajstić information content (AvgIpc) is 3.14. The minimum atomic E-state index is -0.882. The summed E-state index contributed by atoms with van der Waals surface area (Å²) in [6.07, 6.45) is -0.882. The van der Waals surface area contributed by atoms with E-state index in [2.05, 4.69) is 15.4 Å². The van der Waals surface area contributed by atoms with Crippen LogP contribution in [0.15, 0.2) is 12.1 Å². The van der Waals surface area contributed by atoms with Crippen LogP contribution in [0.4, 0.5) is 14.8 Å². The molecule has 0 fully saturated rings. The van der Waals surface area contributed by atoms with Gasteiger partial charge in [-0.1, -0.05) is 11.3 Å². The Kier molecular flexibility index (Phi) is 6.05. The third kappa shape index (κ3) is 4.24. The lowest BCUT2D eigenvalue weighted by atomic mass is 10.1. The minimum absolute atomic E-state index is 0.113. The quantitative estimate of drug-likeness (QED) is 0.587. The molecule has 2 heterocycles. The molecule has 0 spiro atoms. The lowest BCUT2D eigenvalue weighted by Crippen LogP contribution is -2.31. The zero-order valence-corrected chi connectivity index (χ0v) is 15.7. The minimum Gasteiger partial charge on any atom is -0.450 e. The Balaban J connectivity index is 2.25. The van der Waals surface area contributed by atoms with Gasteiger partial charge in [-0.25, -0.2) is 4.79 Å². The van der Waals surface area contributed by atoms with Crippen LogP contribution in [0.3, 0.4) is 0 Å². The van der Waals surface area contributed by atoms with E-state index in [1.165, 1.54) is 23.5 Å². The van der Waals surface area contributed by atoms with Gasteiger partial charge in [0.05, 0.1) is 22.0 Å². The van der Waals surface area contributed by atoms with Crippen molar-refractivity contribution < 1.29 is 24.0 Å². The van der Waals surface area contributed by atoms with Crippen LogP contribution in [0.25, 0.3) is 0 Å². The molecule has 0 bridgehead atoms. The lowest BCUT2D eigenvalue weighted by Gasteiger charge is -2.07. The highest BCUT2D eigenvalue weighted by molar-refractivity contribution is 7.18. The molecule has 0 aliphatic heterocycles. The summed E-state index contributed by atoms with van der Waals surface area (Å²) in [5.74, 6) is -1.27. The Labute approximate surface area is 156 Å². The second kappa shape index (κ2) is 8.06. The summed E-state index contributed by atoms with van der Waals surface area (Å²) >= 11 is 1.90. The van der Waals surface area contributed by atoms with Crippen LogP contribution in [0.5, 0.6) is 0 Å². The number of ether oxygens (including phenoxy) is 1. The van der Waals surface area contributed by atoms with Crippen LogP contribution in [0.2, 0.25) is 0 Å². The number of thiophene rings is 2. The molecule has 0 saturated heterocycles. The Morgan fingerprint density at radius 3 is 2.46 bits per heavy atom. The number of hydrogen-bond acceptors (Lipinski definition) is 8. The van der Waals surface area contributed by atoms with E-state index in [1.54, 1.807) is 20.8 Å².